The Bertz CT molecular complexity index is 299. The van der Waals surface area contributed by atoms with Crippen molar-refractivity contribution in [2.75, 3.05) is 6.61 Å². The third kappa shape index (κ3) is 7.31. The summed E-state index contributed by atoms with van der Waals surface area (Å²) < 4.78 is 4.89. The molecule has 0 aromatic heterocycles. The zero-order chi connectivity index (χ0) is 14.1. The van der Waals surface area contributed by atoms with Crippen LogP contribution in [0.15, 0.2) is 23.3 Å². The Labute approximate surface area is 112 Å². The molecule has 0 rings (SSSR count). The predicted molar refractivity (Wildman–Crippen MR) is 77.4 cm³/mol. The number of allylic oxidation sites excluding steroid dienone is 3. The van der Waals surface area contributed by atoms with E-state index in [0.717, 1.165) is 18.4 Å². The van der Waals surface area contributed by atoms with Crippen molar-refractivity contribution >= 4 is 5.97 Å². The average Bonchev–Trinajstić information content (AvgIpc) is 2.23. The molecule has 0 bridgehead atoms. The van der Waals surface area contributed by atoms with E-state index in [1.54, 1.807) is 6.08 Å². The molecule has 0 aliphatic rings. The number of rotatable bonds is 7. The van der Waals surface area contributed by atoms with Crippen LogP contribution in [0.25, 0.3) is 0 Å². The highest BCUT2D eigenvalue weighted by molar-refractivity contribution is 5.82. The van der Waals surface area contributed by atoms with Crippen LogP contribution in [0.4, 0.5) is 0 Å². The zero-order valence-electron chi connectivity index (χ0n) is 12.7. The molecule has 2 nitrogen and oxygen atoms in total. The van der Waals surface area contributed by atoms with Gasteiger partial charge < -0.3 is 4.74 Å². The first-order valence-electron chi connectivity index (χ1n) is 6.92. The predicted octanol–water partition coefficient (Wildman–Crippen LogP) is 4.51. The van der Waals surface area contributed by atoms with E-state index in [-0.39, 0.29) is 5.97 Å². The van der Waals surface area contributed by atoms with Crippen molar-refractivity contribution in [3.63, 3.8) is 0 Å². The molecule has 2 heteroatoms. The van der Waals surface area contributed by atoms with Gasteiger partial charge in [0.2, 0.25) is 0 Å². The van der Waals surface area contributed by atoms with E-state index in [1.165, 1.54) is 5.57 Å². The number of hydrogen-bond acceptors (Lipinski definition) is 2. The summed E-state index contributed by atoms with van der Waals surface area (Å²) in [6.45, 7) is 13.2. The van der Waals surface area contributed by atoms with Crippen LogP contribution in [-0.2, 0) is 9.53 Å². The molecule has 0 heterocycles. The maximum atomic E-state index is 11.3. The summed E-state index contributed by atoms with van der Waals surface area (Å²) in [4.78, 5) is 11.3. The zero-order valence-corrected chi connectivity index (χ0v) is 12.7. The normalized spacial score (nSPS) is 11.9. The van der Waals surface area contributed by atoms with Crippen molar-refractivity contribution in [2.24, 2.45) is 11.8 Å². The van der Waals surface area contributed by atoms with Crippen molar-refractivity contribution < 1.29 is 9.53 Å². The molecule has 18 heavy (non-hydrogen) atoms. The van der Waals surface area contributed by atoms with Gasteiger partial charge in [0.15, 0.2) is 0 Å². The minimum atomic E-state index is -0.230. The standard InChI is InChI=1S/C16H28O2/c1-7-18-16(17)11-14(6)9-8-10-15(12(2)3)13(4)5/h10-13H,7-9H2,1-6H3/b14-11+. The Morgan fingerprint density at radius 2 is 1.72 bits per heavy atom. The van der Waals surface area contributed by atoms with Gasteiger partial charge in [0, 0.05) is 6.08 Å². The first kappa shape index (κ1) is 16.9. The summed E-state index contributed by atoms with van der Waals surface area (Å²) in [6, 6.07) is 0. The molecule has 0 saturated carbocycles. The molecule has 0 unspecified atom stereocenters. The quantitative estimate of drug-likeness (QED) is 0.378. The van der Waals surface area contributed by atoms with Gasteiger partial charge in [-0.2, -0.15) is 0 Å². The van der Waals surface area contributed by atoms with Gasteiger partial charge in [-0.15, -0.1) is 0 Å². The van der Waals surface area contributed by atoms with Crippen LogP contribution in [0.3, 0.4) is 0 Å². The lowest BCUT2D eigenvalue weighted by atomic mass is 9.91. The van der Waals surface area contributed by atoms with Crippen molar-refractivity contribution in [1.82, 2.24) is 0 Å². The van der Waals surface area contributed by atoms with Crippen LogP contribution >= 0.6 is 0 Å². The molecule has 0 aromatic carbocycles. The van der Waals surface area contributed by atoms with E-state index in [9.17, 15) is 4.79 Å². The first-order chi connectivity index (χ1) is 8.38. The molecule has 0 fully saturated rings. The summed E-state index contributed by atoms with van der Waals surface area (Å²) in [5.41, 5.74) is 2.58. The Kier molecular flexibility index (Phi) is 8.43. The van der Waals surface area contributed by atoms with E-state index >= 15 is 0 Å². The molecule has 0 aliphatic carbocycles. The Morgan fingerprint density at radius 3 is 2.17 bits per heavy atom. The molecular weight excluding hydrogens is 224 g/mol. The van der Waals surface area contributed by atoms with E-state index in [1.807, 2.05) is 13.8 Å². The maximum Gasteiger partial charge on any atom is 0.330 e. The minimum Gasteiger partial charge on any atom is -0.463 e. The van der Waals surface area contributed by atoms with Gasteiger partial charge in [-0.25, -0.2) is 4.79 Å². The van der Waals surface area contributed by atoms with Crippen molar-refractivity contribution in [3.05, 3.63) is 23.3 Å². The lowest BCUT2D eigenvalue weighted by molar-refractivity contribution is -0.137. The smallest absolute Gasteiger partial charge is 0.330 e. The van der Waals surface area contributed by atoms with Crippen molar-refractivity contribution in [1.29, 1.82) is 0 Å². The van der Waals surface area contributed by atoms with Gasteiger partial charge in [0.05, 0.1) is 6.61 Å². The summed E-state index contributed by atoms with van der Waals surface area (Å²) >= 11 is 0. The highest BCUT2D eigenvalue weighted by Gasteiger charge is 2.07. The number of esters is 1. The number of carbonyl (C=O) groups is 1. The van der Waals surface area contributed by atoms with Crippen LogP contribution in [0.1, 0.15) is 54.4 Å². The molecule has 0 amide bonds. The fourth-order valence-electron chi connectivity index (χ4n) is 2.06. The van der Waals surface area contributed by atoms with Crippen molar-refractivity contribution in [2.45, 2.75) is 54.4 Å². The molecule has 0 spiro atoms. The second-order valence-corrected chi connectivity index (χ2v) is 5.29. The summed E-state index contributed by atoms with van der Waals surface area (Å²) in [5.74, 6) is 0.964. The van der Waals surface area contributed by atoms with E-state index < -0.39 is 0 Å². The minimum absolute atomic E-state index is 0.230. The highest BCUT2D eigenvalue weighted by atomic mass is 16.5. The monoisotopic (exact) mass is 252 g/mol. The molecule has 0 saturated heterocycles. The molecule has 0 N–H and O–H groups in total. The van der Waals surface area contributed by atoms with Crippen LogP contribution in [0.5, 0.6) is 0 Å². The third-order valence-corrected chi connectivity index (χ3v) is 2.90. The van der Waals surface area contributed by atoms with Crippen LogP contribution in [0.2, 0.25) is 0 Å². The molecule has 0 atom stereocenters. The van der Waals surface area contributed by atoms with Gasteiger partial charge >= 0.3 is 5.97 Å². The lowest BCUT2D eigenvalue weighted by Gasteiger charge is -2.15. The highest BCUT2D eigenvalue weighted by Crippen LogP contribution is 2.20. The SMILES string of the molecule is CCOC(=O)/C=C(\C)CCC=C(C(C)C)C(C)C. The van der Waals surface area contributed by atoms with Crippen LogP contribution in [0, 0.1) is 11.8 Å². The summed E-state index contributed by atoms with van der Waals surface area (Å²) in [7, 11) is 0. The van der Waals surface area contributed by atoms with Crippen LogP contribution in [-0.4, -0.2) is 12.6 Å². The Morgan fingerprint density at radius 1 is 1.17 bits per heavy atom. The number of hydrogen-bond donors (Lipinski definition) is 0. The van der Waals surface area contributed by atoms with E-state index in [0.29, 0.717) is 18.4 Å². The van der Waals surface area contributed by atoms with Gasteiger partial charge in [-0.1, -0.05) is 44.9 Å². The van der Waals surface area contributed by atoms with E-state index in [4.69, 9.17) is 4.74 Å². The van der Waals surface area contributed by atoms with E-state index in [2.05, 4.69) is 33.8 Å². The largest absolute Gasteiger partial charge is 0.463 e. The fourth-order valence-corrected chi connectivity index (χ4v) is 2.06. The van der Waals surface area contributed by atoms with Crippen molar-refractivity contribution in [3.8, 4) is 0 Å². The average molecular weight is 252 g/mol. The molecule has 0 aromatic rings. The topological polar surface area (TPSA) is 26.3 Å². The number of ether oxygens (including phenoxy) is 1. The second-order valence-electron chi connectivity index (χ2n) is 5.29. The third-order valence-electron chi connectivity index (χ3n) is 2.90. The molecule has 104 valence electrons. The summed E-state index contributed by atoms with van der Waals surface area (Å²) in [6.07, 6.45) is 5.83. The number of carbonyl (C=O) groups excluding carboxylic acids is 1. The Hall–Kier alpha value is -1.05. The van der Waals surface area contributed by atoms with Gasteiger partial charge in [-0.3, -0.25) is 0 Å². The maximum absolute atomic E-state index is 11.3. The summed E-state index contributed by atoms with van der Waals surface area (Å²) in [5, 5.41) is 0. The molecular formula is C16H28O2. The van der Waals surface area contributed by atoms with Gasteiger partial charge in [0.25, 0.3) is 0 Å². The first-order valence-corrected chi connectivity index (χ1v) is 6.92. The van der Waals surface area contributed by atoms with Gasteiger partial charge in [-0.05, 0) is 38.5 Å². The van der Waals surface area contributed by atoms with Crippen LogP contribution < -0.4 is 0 Å². The fraction of sp³-hybridized carbons (Fsp3) is 0.688. The Balaban J connectivity index is 4.32. The molecule has 0 aliphatic heterocycles. The second kappa shape index (κ2) is 8.96. The lowest BCUT2D eigenvalue weighted by Crippen LogP contribution is -2.02. The molecule has 0 radical (unpaired) electrons. The van der Waals surface area contributed by atoms with Gasteiger partial charge in [0.1, 0.15) is 0 Å².